The molecule has 2 aromatic carbocycles. The van der Waals surface area contributed by atoms with Crippen LogP contribution in [0.2, 0.25) is 0 Å². The smallest absolute Gasteiger partial charge is 0.416 e. The van der Waals surface area contributed by atoms with Crippen LogP contribution in [-0.2, 0) is 20.7 Å². The summed E-state index contributed by atoms with van der Waals surface area (Å²) >= 11 is 0. The molecule has 234 valence electrons. The number of rotatable bonds is 17. The van der Waals surface area contributed by atoms with Crippen LogP contribution in [0, 0.1) is 23.7 Å². The summed E-state index contributed by atoms with van der Waals surface area (Å²) in [5.41, 5.74) is 1.41. The summed E-state index contributed by atoms with van der Waals surface area (Å²) in [5.74, 6) is -0.974. The van der Waals surface area contributed by atoms with Crippen molar-refractivity contribution in [3.63, 3.8) is 0 Å². The monoisotopic (exact) mass is 596 g/mol. The molecule has 3 atom stereocenters. The van der Waals surface area contributed by atoms with E-state index in [2.05, 4.69) is 0 Å². The van der Waals surface area contributed by atoms with Crippen LogP contribution in [0.25, 0.3) is 0 Å². The molecule has 3 rings (SSSR count). The Balaban J connectivity index is 1.71. The molecule has 1 unspecified atom stereocenters. The van der Waals surface area contributed by atoms with Crippen LogP contribution in [-0.4, -0.2) is 62.7 Å². The Morgan fingerprint density at radius 1 is 1.00 bits per heavy atom. The zero-order valence-corrected chi connectivity index (χ0v) is 25.9. The number of ketones is 1. The molecule has 0 aliphatic carbocycles. The van der Waals surface area contributed by atoms with Crippen molar-refractivity contribution >= 4 is 17.8 Å². The summed E-state index contributed by atoms with van der Waals surface area (Å²) in [6.45, 7) is 8.75. The molecule has 1 aliphatic heterocycles. The number of Topliss-reactive ketones (excluding diaryl/α,β-unsaturated/α-hetero) is 1. The van der Waals surface area contributed by atoms with Gasteiger partial charge in [0, 0.05) is 37.5 Å². The number of benzene rings is 2. The molecule has 0 radical (unpaired) electrons. The quantitative estimate of drug-likeness (QED) is 0.113. The van der Waals surface area contributed by atoms with Crippen molar-refractivity contribution in [2.24, 2.45) is 23.7 Å². The third-order valence-electron chi connectivity index (χ3n) is 7.81. The van der Waals surface area contributed by atoms with Gasteiger partial charge in [0.1, 0.15) is 6.61 Å². The first-order chi connectivity index (χ1) is 21.8. The Bertz CT molecular complexity index is 1330. The molecule has 1 heterocycles. The van der Waals surface area contributed by atoms with Gasteiger partial charge in [0.15, 0.2) is 17.3 Å². The van der Waals surface area contributed by atoms with Gasteiger partial charge in [-0.15, -0.1) is 0 Å². The van der Waals surface area contributed by atoms with Crippen LogP contribution in [0.1, 0.15) is 67.0 Å². The first-order valence-electron chi connectivity index (χ1n) is 16.5. The van der Waals surface area contributed by atoms with E-state index in [4.69, 9.17) is 23.1 Å². The molecule has 0 saturated carbocycles. The molecule has 0 spiro atoms. The van der Waals surface area contributed by atoms with E-state index in [0.29, 0.717) is 37.9 Å². The van der Waals surface area contributed by atoms with E-state index in [-0.39, 0.29) is 60.2 Å². The maximum atomic E-state index is 13.7. The summed E-state index contributed by atoms with van der Waals surface area (Å²) in [4.78, 5) is 41.2. The summed E-state index contributed by atoms with van der Waals surface area (Å²) in [5, 5.41) is 0. The number of imide groups is 1. The Hall–Kier alpha value is -3.65. The first kappa shape index (κ1) is 29.4. The Morgan fingerprint density at radius 3 is 2.35 bits per heavy atom. The third kappa shape index (κ3) is 9.42. The van der Waals surface area contributed by atoms with Gasteiger partial charge in [-0.3, -0.25) is 9.59 Å². The van der Waals surface area contributed by atoms with Crippen LogP contribution < -0.4 is 9.47 Å². The van der Waals surface area contributed by atoms with Crippen molar-refractivity contribution in [3.05, 3.63) is 71.8 Å². The number of hydrogen-bond acceptors (Lipinski definition) is 7. The molecular weight excluding hydrogens is 546 g/mol. The maximum absolute atomic E-state index is 13.7. The minimum Gasteiger partial charge on any atom is -0.493 e. The number of carbonyl (C=O) groups is 3. The fraction of sp³-hybridized carbons (Fsp3) is 0.514. The molecule has 43 heavy (non-hydrogen) atoms. The molecule has 8 heteroatoms. The average molecular weight is 597 g/mol. The Morgan fingerprint density at radius 2 is 1.70 bits per heavy atom. The minimum absolute atomic E-state index is 0.00201. The lowest BCUT2D eigenvalue weighted by Gasteiger charge is -2.26. The van der Waals surface area contributed by atoms with Gasteiger partial charge in [-0.1, -0.05) is 70.2 Å². The van der Waals surface area contributed by atoms with Gasteiger partial charge in [0.2, 0.25) is 5.91 Å². The third-order valence-corrected chi connectivity index (χ3v) is 7.81. The predicted octanol–water partition coefficient (Wildman–Crippen LogP) is 6.76. The molecule has 0 bridgehead atoms. The highest BCUT2D eigenvalue weighted by molar-refractivity contribution is 5.98. The van der Waals surface area contributed by atoms with Crippen LogP contribution in [0.15, 0.2) is 60.7 Å². The van der Waals surface area contributed by atoms with Crippen molar-refractivity contribution in [2.75, 3.05) is 34.0 Å². The molecule has 0 aromatic heterocycles. The molecule has 1 aliphatic rings. The van der Waals surface area contributed by atoms with Gasteiger partial charge in [-0.25, -0.2) is 9.69 Å². The van der Waals surface area contributed by atoms with E-state index >= 15 is 0 Å². The number of carbonyl (C=O) groups excluding carboxylic acids is 3. The Kier molecular flexibility index (Phi) is 11.5. The van der Waals surface area contributed by atoms with Crippen molar-refractivity contribution in [1.82, 2.24) is 4.90 Å². The number of ether oxygens (including phenoxy) is 4. The highest BCUT2D eigenvalue weighted by Gasteiger charge is 2.41. The van der Waals surface area contributed by atoms with E-state index in [0.717, 1.165) is 5.56 Å². The normalized spacial score (nSPS) is 17.8. The number of nitrogens with zero attached hydrogens (tertiary/aromatic N) is 1. The molecule has 2 aromatic rings. The first-order valence-corrected chi connectivity index (χ1v) is 15.0. The van der Waals surface area contributed by atoms with Crippen molar-refractivity contribution in [2.45, 2.75) is 59.4 Å². The van der Waals surface area contributed by atoms with E-state index in [9.17, 15) is 14.4 Å². The lowest BCUT2D eigenvalue weighted by Crippen LogP contribution is -2.44. The highest BCUT2D eigenvalue weighted by atomic mass is 16.6. The van der Waals surface area contributed by atoms with E-state index in [1.165, 1.54) is 17.0 Å². The molecule has 1 saturated heterocycles. The predicted molar refractivity (Wildman–Crippen MR) is 166 cm³/mol. The standard InChI is InChI=1S/C35H47NO7/c1-24(2)29(33(37)27-17-18-31(41-6)32(22-27)42-20-12-19-40-5)15-10-11-16-30(25(3)4)34(38)36-28(23-43-35(36)39)21-26-13-8-7-9-14-26/h7-11,13-14,17-18,22,24-25,28-30H,12,15-16,19-21,23H2,1-6H3/t28-,29?,30-/m0/s1/i6D3. The van der Waals surface area contributed by atoms with Gasteiger partial charge in [0.25, 0.3) is 0 Å². The molecule has 2 amide bonds. The second-order valence-corrected chi connectivity index (χ2v) is 11.6. The topological polar surface area (TPSA) is 91.4 Å². The van der Waals surface area contributed by atoms with Crippen LogP contribution >= 0.6 is 0 Å². The number of methoxy groups -OCH3 is 2. The fourth-order valence-corrected chi connectivity index (χ4v) is 5.23. The SMILES string of the molecule is [2H]C([2H])([2H])Oc1ccc(C(=O)C(CC=CC[C@H](C(=O)N2C(=O)OC[C@@H]2Cc2ccccc2)C(C)C)C(C)C)cc1OCCCOC. The largest absolute Gasteiger partial charge is 0.493 e. The lowest BCUT2D eigenvalue weighted by molar-refractivity contribution is -0.134. The summed E-state index contributed by atoms with van der Waals surface area (Å²) < 4.78 is 43.7. The molecule has 1 fully saturated rings. The molecule has 0 N–H and O–H groups in total. The Labute approximate surface area is 260 Å². The maximum Gasteiger partial charge on any atom is 0.416 e. The summed E-state index contributed by atoms with van der Waals surface area (Å²) in [6, 6.07) is 13.9. The number of hydrogen-bond donors (Lipinski definition) is 0. The second-order valence-electron chi connectivity index (χ2n) is 11.6. The van der Waals surface area contributed by atoms with Crippen LogP contribution in [0.4, 0.5) is 4.79 Å². The number of allylic oxidation sites excluding steroid dienone is 2. The van der Waals surface area contributed by atoms with Crippen LogP contribution in [0.3, 0.4) is 0 Å². The van der Waals surface area contributed by atoms with Crippen molar-refractivity contribution < 1.29 is 37.4 Å². The second kappa shape index (κ2) is 16.8. The lowest BCUT2D eigenvalue weighted by atomic mass is 9.84. The van der Waals surface area contributed by atoms with Crippen molar-refractivity contribution in [1.29, 1.82) is 0 Å². The van der Waals surface area contributed by atoms with E-state index in [1.807, 2.05) is 70.2 Å². The van der Waals surface area contributed by atoms with Crippen LogP contribution in [0.5, 0.6) is 11.5 Å². The average Bonchev–Trinajstić information content (AvgIpc) is 3.36. The zero-order valence-electron chi connectivity index (χ0n) is 28.9. The van der Waals surface area contributed by atoms with Gasteiger partial charge >= 0.3 is 6.09 Å². The molecule has 8 nitrogen and oxygen atoms in total. The summed E-state index contributed by atoms with van der Waals surface area (Å²) in [6.07, 6.45) is 5.18. The van der Waals surface area contributed by atoms with E-state index in [1.54, 1.807) is 13.2 Å². The van der Waals surface area contributed by atoms with Gasteiger partial charge in [0.05, 0.1) is 23.8 Å². The van der Waals surface area contributed by atoms with Crippen molar-refractivity contribution in [3.8, 4) is 11.5 Å². The fourth-order valence-electron chi connectivity index (χ4n) is 5.23. The number of cyclic esters (lactones) is 1. The molecular formula is C35H47NO7. The number of amides is 2. The van der Waals surface area contributed by atoms with Gasteiger partial charge < -0.3 is 18.9 Å². The van der Waals surface area contributed by atoms with Gasteiger partial charge in [-0.05, 0) is 54.9 Å². The zero-order chi connectivity index (χ0) is 33.9. The van der Waals surface area contributed by atoms with Gasteiger partial charge in [-0.2, -0.15) is 0 Å². The van der Waals surface area contributed by atoms with E-state index < -0.39 is 19.0 Å². The minimum atomic E-state index is -2.67. The highest BCUT2D eigenvalue weighted by Crippen LogP contribution is 2.31. The summed E-state index contributed by atoms with van der Waals surface area (Å²) in [7, 11) is -1.09.